The summed E-state index contributed by atoms with van der Waals surface area (Å²) in [6, 6.07) is 10.8. The first-order valence-corrected chi connectivity index (χ1v) is 8.69. The second kappa shape index (κ2) is 7.33. The summed E-state index contributed by atoms with van der Waals surface area (Å²) in [6.45, 7) is 6.51. The van der Waals surface area contributed by atoms with Gasteiger partial charge in [0.2, 0.25) is 5.91 Å². The van der Waals surface area contributed by atoms with Crippen molar-refractivity contribution in [1.82, 2.24) is 10.2 Å². The van der Waals surface area contributed by atoms with E-state index in [-0.39, 0.29) is 17.9 Å². The summed E-state index contributed by atoms with van der Waals surface area (Å²) < 4.78 is 10.9. The minimum absolute atomic E-state index is 0.129. The van der Waals surface area contributed by atoms with Gasteiger partial charge in [-0.3, -0.25) is 9.59 Å². The maximum Gasteiger partial charge on any atom is 0.255 e. The highest BCUT2D eigenvalue weighted by atomic mass is 16.5. The number of nitrogens with zero attached hydrogens (tertiary/aromatic N) is 1. The Morgan fingerprint density at radius 2 is 1.96 bits per heavy atom. The van der Waals surface area contributed by atoms with Crippen molar-refractivity contribution in [2.75, 3.05) is 13.2 Å². The van der Waals surface area contributed by atoms with Crippen LogP contribution in [0.1, 0.15) is 42.8 Å². The average Bonchev–Trinajstić information content (AvgIpc) is 3.16. The third-order valence-electron chi connectivity index (χ3n) is 4.66. The maximum atomic E-state index is 13.0. The van der Waals surface area contributed by atoms with E-state index in [9.17, 15) is 9.59 Å². The van der Waals surface area contributed by atoms with Crippen LogP contribution in [-0.4, -0.2) is 41.4 Å². The number of carbonyl (C=O) groups is 2. The summed E-state index contributed by atoms with van der Waals surface area (Å²) in [7, 11) is 0. The fourth-order valence-corrected chi connectivity index (χ4v) is 3.07. The lowest BCUT2D eigenvalue weighted by molar-refractivity contribution is -0.156. The smallest absolute Gasteiger partial charge is 0.255 e. The first kappa shape index (κ1) is 18.2. The summed E-state index contributed by atoms with van der Waals surface area (Å²) in [5.74, 6) is -0.457. The minimum atomic E-state index is -0.647. The number of rotatable bonds is 4. The highest BCUT2D eigenvalue weighted by molar-refractivity contribution is 5.97. The van der Waals surface area contributed by atoms with E-state index >= 15 is 0 Å². The predicted molar refractivity (Wildman–Crippen MR) is 96.6 cm³/mol. The lowest BCUT2D eigenvalue weighted by Crippen LogP contribution is -2.60. The van der Waals surface area contributed by atoms with E-state index in [1.54, 1.807) is 17.9 Å². The molecule has 2 unspecified atom stereocenters. The molecule has 0 saturated carbocycles. The summed E-state index contributed by atoms with van der Waals surface area (Å²) in [5, 5.41) is 2.74. The summed E-state index contributed by atoms with van der Waals surface area (Å²) >= 11 is 0. The molecule has 1 saturated heterocycles. The Balaban J connectivity index is 1.71. The first-order valence-electron chi connectivity index (χ1n) is 8.69. The van der Waals surface area contributed by atoms with Crippen LogP contribution in [0.5, 0.6) is 0 Å². The molecule has 2 atom stereocenters. The Bertz CT molecular complexity index is 755. The Morgan fingerprint density at radius 1 is 1.23 bits per heavy atom. The van der Waals surface area contributed by atoms with Crippen molar-refractivity contribution >= 4 is 11.8 Å². The van der Waals surface area contributed by atoms with Gasteiger partial charge < -0.3 is 19.4 Å². The van der Waals surface area contributed by atoms with Crippen LogP contribution < -0.4 is 5.32 Å². The molecule has 2 aromatic rings. The number of ether oxygens (including phenoxy) is 1. The van der Waals surface area contributed by atoms with Crippen LogP contribution >= 0.6 is 0 Å². The van der Waals surface area contributed by atoms with Gasteiger partial charge in [0.15, 0.2) is 0 Å². The van der Waals surface area contributed by atoms with Crippen LogP contribution in [0, 0.1) is 0 Å². The first-order chi connectivity index (χ1) is 12.4. The van der Waals surface area contributed by atoms with E-state index in [2.05, 4.69) is 5.32 Å². The quantitative estimate of drug-likeness (QED) is 0.914. The zero-order valence-electron chi connectivity index (χ0n) is 15.3. The Hall–Kier alpha value is -2.60. The molecule has 1 aliphatic rings. The molecule has 0 radical (unpaired) electrons. The van der Waals surface area contributed by atoms with E-state index < -0.39 is 11.6 Å². The van der Waals surface area contributed by atoms with Gasteiger partial charge in [-0.2, -0.15) is 0 Å². The van der Waals surface area contributed by atoms with Crippen molar-refractivity contribution < 1.29 is 18.7 Å². The molecule has 0 spiro atoms. The van der Waals surface area contributed by atoms with Gasteiger partial charge >= 0.3 is 0 Å². The molecule has 1 N–H and O–H groups in total. The highest BCUT2D eigenvalue weighted by Gasteiger charge is 2.40. The van der Waals surface area contributed by atoms with Crippen molar-refractivity contribution in [3.05, 3.63) is 60.1 Å². The number of furan rings is 1. The second-order valence-electron chi connectivity index (χ2n) is 7.18. The molecule has 1 fully saturated rings. The van der Waals surface area contributed by atoms with Gasteiger partial charge in [0.1, 0.15) is 18.4 Å². The van der Waals surface area contributed by atoms with E-state index in [0.717, 1.165) is 5.56 Å². The number of hydrogen-bond donors (Lipinski definition) is 1. The van der Waals surface area contributed by atoms with Crippen molar-refractivity contribution in [2.24, 2.45) is 0 Å². The summed E-state index contributed by atoms with van der Waals surface area (Å²) in [4.78, 5) is 27.0. The Labute approximate surface area is 153 Å². The third kappa shape index (κ3) is 3.80. The molecule has 0 aliphatic carbocycles. The molecule has 2 heterocycles. The van der Waals surface area contributed by atoms with Crippen LogP contribution in [0.25, 0.3) is 0 Å². The van der Waals surface area contributed by atoms with Gasteiger partial charge in [0, 0.05) is 0 Å². The molecular formula is C20H24N2O4. The van der Waals surface area contributed by atoms with Crippen molar-refractivity contribution in [3.63, 3.8) is 0 Å². The highest BCUT2D eigenvalue weighted by Crippen LogP contribution is 2.30. The van der Waals surface area contributed by atoms with Gasteiger partial charge in [0.25, 0.3) is 5.91 Å². The molecule has 1 aromatic carbocycles. The summed E-state index contributed by atoms with van der Waals surface area (Å²) in [6.07, 6.45) is 2.61. The monoisotopic (exact) mass is 356 g/mol. The number of nitrogens with one attached hydrogen (secondary N) is 1. The third-order valence-corrected chi connectivity index (χ3v) is 4.66. The topological polar surface area (TPSA) is 71.8 Å². The average molecular weight is 356 g/mol. The van der Waals surface area contributed by atoms with Gasteiger partial charge in [-0.05, 0) is 32.4 Å². The molecule has 1 aliphatic heterocycles. The van der Waals surface area contributed by atoms with Crippen LogP contribution in [0.4, 0.5) is 0 Å². The minimum Gasteiger partial charge on any atom is -0.472 e. The molecule has 138 valence electrons. The van der Waals surface area contributed by atoms with Gasteiger partial charge in [-0.1, -0.05) is 30.3 Å². The van der Waals surface area contributed by atoms with Crippen LogP contribution in [0.2, 0.25) is 0 Å². The fraction of sp³-hybridized carbons (Fsp3) is 0.400. The summed E-state index contributed by atoms with van der Waals surface area (Å²) in [5.41, 5.74) is 0.987. The molecule has 3 rings (SSSR count). The Kier molecular flexibility index (Phi) is 5.13. The van der Waals surface area contributed by atoms with Gasteiger partial charge in [0.05, 0.1) is 30.5 Å². The molecule has 26 heavy (non-hydrogen) atoms. The van der Waals surface area contributed by atoms with E-state index in [4.69, 9.17) is 9.15 Å². The van der Waals surface area contributed by atoms with Crippen LogP contribution in [0.3, 0.4) is 0 Å². The molecule has 0 bridgehead atoms. The normalized spacial score (nSPS) is 20.4. The van der Waals surface area contributed by atoms with Crippen molar-refractivity contribution in [3.8, 4) is 0 Å². The van der Waals surface area contributed by atoms with Gasteiger partial charge in [-0.15, -0.1) is 0 Å². The zero-order chi connectivity index (χ0) is 18.7. The lowest BCUT2D eigenvalue weighted by atomic mass is 9.97. The fourth-order valence-electron chi connectivity index (χ4n) is 3.07. The number of morpholine rings is 1. The largest absolute Gasteiger partial charge is 0.472 e. The molecule has 1 aromatic heterocycles. The van der Waals surface area contributed by atoms with Crippen molar-refractivity contribution in [1.29, 1.82) is 0 Å². The predicted octanol–water partition coefficient (Wildman–Crippen LogP) is 2.78. The van der Waals surface area contributed by atoms with E-state index in [1.165, 1.54) is 12.5 Å². The van der Waals surface area contributed by atoms with Crippen molar-refractivity contribution in [2.45, 2.75) is 38.5 Å². The van der Waals surface area contributed by atoms with E-state index in [1.807, 2.05) is 44.2 Å². The lowest BCUT2D eigenvalue weighted by Gasteiger charge is -2.46. The number of carbonyl (C=O) groups excluding carboxylic acids is 2. The SMILES string of the molecule is CC(NC(=O)c1ccoc1)C(=O)N1CC(c2ccccc2)OCC1(C)C. The standard InChI is InChI=1S/C20H24N2O4/c1-14(21-18(23)16-9-10-25-12-16)19(24)22-11-17(26-13-20(22,2)3)15-7-5-4-6-8-15/h4-10,12,14,17H,11,13H2,1-3H3,(H,21,23). The van der Waals surface area contributed by atoms with Crippen LogP contribution in [0.15, 0.2) is 53.3 Å². The van der Waals surface area contributed by atoms with Crippen LogP contribution in [-0.2, 0) is 9.53 Å². The molecule has 6 nitrogen and oxygen atoms in total. The number of amides is 2. The number of benzene rings is 1. The van der Waals surface area contributed by atoms with E-state index in [0.29, 0.717) is 18.7 Å². The zero-order valence-corrected chi connectivity index (χ0v) is 15.3. The maximum absolute atomic E-state index is 13.0. The molecule has 2 amide bonds. The molecule has 6 heteroatoms. The Morgan fingerprint density at radius 3 is 2.62 bits per heavy atom. The second-order valence-corrected chi connectivity index (χ2v) is 7.18. The number of hydrogen-bond acceptors (Lipinski definition) is 4. The molecular weight excluding hydrogens is 332 g/mol. The van der Waals surface area contributed by atoms with Gasteiger partial charge in [-0.25, -0.2) is 0 Å².